The summed E-state index contributed by atoms with van der Waals surface area (Å²) in [7, 11) is 0. The number of rotatable bonds is 6. The molecule has 0 amide bonds. The number of pyridine rings is 1. The lowest BCUT2D eigenvalue weighted by atomic mass is 10.2. The summed E-state index contributed by atoms with van der Waals surface area (Å²) in [6.45, 7) is 1.71. The molecule has 1 fully saturated rings. The standard InChI is InChI=1S/C13H16N4O/c1-2-6-15-11(3-1)7-12-16-13(18-17-12)9-14-8-10-4-5-10/h1-3,6,10,14H,4-5,7-9H2. The normalized spacial score (nSPS) is 14.9. The largest absolute Gasteiger partial charge is 0.338 e. The van der Waals surface area contributed by atoms with Crippen molar-refractivity contribution in [2.45, 2.75) is 25.8 Å². The molecule has 0 radical (unpaired) electrons. The van der Waals surface area contributed by atoms with Crippen molar-refractivity contribution >= 4 is 0 Å². The second kappa shape index (κ2) is 5.27. The minimum Gasteiger partial charge on any atom is -0.338 e. The van der Waals surface area contributed by atoms with Gasteiger partial charge in [0.1, 0.15) is 0 Å². The highest BCUT2D eigenvalue weighted by Gasteiger charge is 2.20. The van der Waals surface area contributed by atoms with E-state index in [2.05, 4.69) is 20.4 Å². The highest BCUT2D eigenvalue weighted by molar-refractivity contribution is 5.09. The van der Waals surface area contributed by atoms with Crippen LogP contribution in [-0.2, 0) is 13.0 Å². The number of nitrogens with one attached hydrogen (secondary N) is 1. The third-order valence-electron chi connectivity index (χ3n) is 2.98. The average Bonchev–Trinajstić information content (AvgIpc) is 3.11. The summed E-state index contributed by atoms with van der Waals surface area (Å²) in [6.07, 6.45) is 5.09. The maximum absolute atomic E-state index is 5.19. The molecule has 2 aromatic rings. The predicted octanol–water partition coefficient (Wildman–Crippen LogP) is 1.55. The van der Waals surface area contributed by atoms with Crippen LogP contribution >= 0.6 is 0 Å². The molecule has 0 unspecified atom stereocenters. The Morgan fingerprint density at radius 1 is 1.33 bits per heavy atom. The topological polar surface area (TPSA) is 63.8 Å². The Hall–Kier alpha value is -1.75. The van der Waals surface area contributed by atoms with Gasteiger partial charge in [-0.3, -0.25) is 4.98 Å². The van der Waals surface area contributed by atoms with Crippen molar-refractivity contribution in [3.8, 4) is 0 Å². The molecule has 2 aromatic heterocycles. The van der Waals surface area contributed by atoms with Crippen LogP contribution in [0.4, 0.5) is 0 Å². The fourth-order valence-corrected chi connectivity index (χ4v) is 1.80. The number of nitrogens with zero attached hydrogens (tertiary/aromatic N) is 3. The second-order valence-corrected chi connectivity index (χ2v) is 4.68. The fraction of sp³-hybridized carbons (Fsp3) is 0.462. The third-order valence-corrected chi connectivity index (χ3v) is 2.98. The van der Waals surface area contributed by atoms with Crippen LogP contribution in [0.15, 0.2) is 28.9 Å². The molecule has 18 heavy (non-hydrogen) atoms. The van der Waals surface area contributed by atoms with Crippen LogP contribution in [0.3, 0.4) is 0 Å². The summed E-state index contributed by atoms with van der Waals surface area (Å²) in [5, 5.41) is 7.29. The van der Waals surface area contributed by atoms with Crippen molar-refractivity contribution in [3.63, 3.8) is 0 Å². The van der Waals surface area contributed by atoms with Gasteiger partial charge in [0.05, 0.1) is 13.0 Å². The Morgan fingerprint density at radius 3 is 3.06 bits per heavy atom. The molecule has 2 heterocycles. The Bertz CT molecular complexity index is 493. The monoisotopic (exact) mass is 244 g/mol. The molecule has 0 aromatic carbocycles. The highest BCUT2D eigenvalue weighted by atomic mass is 16.5. The van der Waals surface area contributed by atoms with Crippen molar-refractivity contribution in [2.75, 3.05) is 6.54 Å². The van der Waals surface area contributed by atoms with Crippen LogP contribution in [0.2, 0.25) is 0 Å². The molecule has 5 nitrogen and oxygen atoms in total. The van der Waals surface area contributed by atoms with Gasteiger partial charge in [0.25, 0.3) is 0 Å². The summed E-state index contributed by atoms with van der Waals surface area (Å²) < 4.78 is 5.19. The summed E-state index contributed by atoms with van der Waals surface area (Å²) >= 11 is 0. The van der Waals surface area contributed by atoms with Crippen LogP contribution in [-0.4, -0.2) is 21.7 Å². The average molecular weight is 244 g/mol. The number of aromatic nitrogens is 3. The molecule has 0 saturated heterocycles. The number of hydrogen-bond acceptors (Lipinski definition) is 5. The second-order valence-electron chi connectivity index (χ2n) is 4.68. The number of hydrogen-bond donors (Lipinski definition) is 1. The Morgan fingerprint density at radius 2 is 2.28 bits per heavy atom. The molecule has 1 aliphatic carbocycles. The van der Waals surface area contributed by atoms with Crippen molar-refractivity contribution in [3.05, 3.63) is 41.8 Å². The minimum absolute atomic E-state index is 0.618. The molecule has 1 N–H and O–H groups in total. The third kappa shape index (κ3) is 3.13. The van der Waals surface area contributed by atoms with Crippen LogP contribution < -0.4 is 5.32 Å². The fourth-order valence-electron chi connectivity index (χ4n) is 1.80. The molecule has 0 atom stereocenters. The summed E-state index contributed by atoms with van der Waals surface area (Å²) in [4.78, 5) is 8.58. The van der Waals surface area contributed by atoms with Crippen LogP contribution in [0, 0.1) is 5.92 Å². The van der Waals surface area contributed by atoms with E-state index in [1.54, 1.807) is 6.20 Å². The van der Waals surface area contributed by atoms with E-state index in [0.717, 1.165) is 18.2 Å². The van der Waals surface area contributed by atoms with Crippen molar-refractivity contribution in [2.24, 2.45) is 5.92 Å². The molecule has 94 valence electrons. The van der Waals surface area contributed by atoms with Crippen molar-refractivity contribution in [1.82, 2.24) is 20.4 Å². The first-order valence-corrected chi connectivity index (χ1v) is 6.32. The lowest BCUT2D eigenvalue weighted by Crippen LogP contribution is -2.16. The molecule has 3 rings (SSSR count). The van der Waals surface area contributed by atoms with E-state index in [1.807, 2.05) is 18.2 Å². The van der Waals surface area contributed by atoms with Gasteiger partial charge in [-0.15, -0.1) is 0 Å². The summed E-state index contributed by atoms with van der Waals surface area (Å²) in [5.74, 6) is 2.21. The summed E-state index contributed by atoms with van der Waals surface area (Å²) in [6, 6.07) is 5.81. The Labute approximate surface area is 106 Å². The first-order chi connectivity index (χ1) is 8.90. The molecule has 5 heteroatoms. The maximum Gasteiger partial charge on any atom is 0.240 e. The van der Waals surface area contributed by atoms with Gasteiger partial charge in [-0.2, -0.15) is 4.98 Å². The van der Waals surface area contributed by atoms with Gasteiger partial charge in [0.2, 0.25) is 5.89 Å². The lowest BCUT2D eigenvalue weighted by molar-refractivity contribution is 0.362. The SMILES string of the molecule is c1ccc(Cc2noc(CNCC3CC3)n2)nc1. The van der Waals surface area contributed by atoms with Crippen LogP contribution in [0.25, 0.3) is 0 Å². The lowest BCUT2D eigenvalue weighted by Gasteiger charge is -1.97. The zero-order valence-corrected chi connectivity index (χ0v) is 10.2. The van der Waals surface area contributed by atoms with Gasteiger partial charge in [0, 0.05) is 11.9 Å². The Kier molecular flexibility index (Phi) is 3.32. The highest BCUT2D eigenvalue weighted by Crippen LogP contribution is 2.27. The van der Waals surface area contributed by atoms with Gasteiger partial charge in [-0.1, -0.05) is 11.2 Å². The molecule has 0 spiro atoms. The van der Waals surface area contributed by atoms with Crippen molar-refractivity contribution in [1.29, 1.82) is 0 Å². The van der Waals surface area contributed by atoms with E-state index in [0.29, 0.717) is 24.7 Å². The molecule has 1 saturated carbocycles. The molecular formula is C13H16N4O. The van der Waals surface area contributed by atoms with Gasteiger partial charge in [-0.25, -0.2) is 0 Å². The van der Waals surface area contributed by atoms with E-state index in [4.69, 9.17) is 4.52 Å². The van der Waals surface area contributed by atoms with E-state index in [-0.39, 0.29) is 0 Å². The van der Waals surface area contributed by atoms with E-state index in [1.165, 1.54) is 12.8 Å². The van der Waals surface area contributed by atoms with E-state index < -0.39 is 0 Å². The van der Waals surface area contributed by atoms with Gasteiger partial charge in [-0.05, 0) is 37.4 Å². The zero-order chi connectivity index (χ0) is 12.2. The Balaban J connectivity index is 1.52. The minimum atomic E-state index is 0.618. The predicted molar refractivity (Wildman–Crippen MR) is 65.8 cm³/mol. The van der Waals surface area contributed by atoms with Crippen LogP contribution in [0.1, 0.15) is 30.3 Å². The molecule has 0 aliphatic heterocycles. The van der Waals surface area contributed by atoms with E-state index >= 15 is 0 Å². The van der Waals surface area contributed by atoms with Gasteiger partial charge < -0.3 is 9.84 Å². The molecular weight excluding hydrogens is 228 g/mol. The summed E-state index contributed by atoms with van der Waals surface area (Å²) in [5.41, 5.74) is 0.954. The van der Waals surface area contributed by atoms with Crippen LogP contribution in [0.5, 0.6) is 0 Å². The smallest absolute Gasteiger partial charge is 0.240 e. The first-order valence-electron chi connectivity index (χ1n) is 6.32. The first kappa shape index (κ1) is 11.3. The molecule has 0 bridgehead atoms. The van der Waals surface area contributed by atoms with E-state index in [9.17, 15) is 0 Å². The maximum atomic E-state index is 5.19. The zero-order valence-electron chi connectivity index (χ0n) is 10.2. The van der Waals surface area contributed by atoms with Gasteiger partial charge >= 0.3 is 0 Å². The quantitative estimate of drug-likeness (QED) is 0.835. The molecule has 1 aliphatic rings. The van der Waals surface area contributed by atoms with Crippen molar-refractivity contribution < 1.29 is 4.52 Å². The van der Waals surface area contributed by atoms with Gasteiger partial charge in [0.15, 0.2) is 5.82 Å².